The van der Waals surface area contributed by atoms with Crippen LogP contribution in [0.2, 0.25) is 0 Å². The number of anilines is 2. The summed E-state index contributed by atoms with van der Waals surface area (Å²) in [5.41, 5.74) is 4.23. The number of halogens is 1. The normalized spacial score (nSPS) is 17.0. The molecular formula is C27H27FN4O2. The van der Waals surface area contributed by atoms with Crippen LogP contribution in [0.3, 0.4) is 0 Å². The fourth-order valence-electron chi connectivity index (χ4n) is 4.93. The van der Waals surface area contributed by atoms with E-state index in [1.165, 1.54) is 24.3 Å². The van der Waals surface area contributed by atoms with Gasteiger partial charge in [-0.2, -0.15) is 0 Å². The van der Waals surface area contributed by atoms with Crippen molar-refractivity contribution >= 4 is 23.2 Å². The molecule has 3 heterocycles. The monoisotopic (exact) mass is 458 g/mol. The van der Waals surface area contributed by atoms with Gasteiger partial charge in [0.05, 0.1) is 5.69 Å². The molecule has 6 nitrogen and oxygen atoms in total. The molecule has 2 aliphatic heterocycles. The molecule has 2 aromatic carbocycles. The Hall–Kier alpha value is -3.61. The molecule has 1 aromatic heterocycles. The highest BCUT2D eigenvalue weighted by molar-refractivity contribution is 6.05. The van der Waals surface area contributed by atoms with Crippen LogP contribution < -0.4 is 9.80 Å². The number of nitrogens with zero attached hydrogens (tertiary/aromatic N) is 4. The van der Waals surface area contributed by atoms with Gasteiger partial charge >= 0.3 is 0 Å². The summed E-state index contributed by atoms with van der Waals surface area (Å²) >= 11 is 0. The fraction of sp³-hybridized carbons (Fsp3) is 0.333. The minimum Gasteiger partial charge on any atom is -0.343 e. The van der Waals surface area contributed by atoms with Crippen molar-refractivity contribution in [2.75, 3.05) is 23.4 Å². The number of hydrogen-bond acceptors (Lipinski definition) is 5. The van der Waals surface area contributed by atoms with Gasteiger partial charge in [-0.15, -0.1) is 0 Å². The predicted octanol–water partition coefficient (Wildman–Crippen LogP) is 4.08. The number of benzene rings is 2. The molecule has 174 valence electrons. The number of Topliss-reactive ketones (excluding diaryl/α,β-unsaturated/α-hetero) is 1. The average molecular weight is 459 g/mol. The number of ketones is 1. The third kappa shape index (κ3) is 4.18. The van der Waals surface area contributed by atoms with E-state index in [0.717, 1.165) is 60.0 Å². The first kappa shape index (κ1) is 22.2. The number of likely N-dealkylation sites (N-methyl/N-ethyl adjacent to an activating group) is 1. The van der Waals surface area contributed by atoms with Gasteiger partial charge in [0.25, 0.3) is 0 Å². The van der Waals surface area contributed by atoms with Crippen LogP contribution in [-0.2, 0) is 24.1 Å². The van der Waals surface area contributed by atoms with Gasteiger partial charge in [0, 0.05) is 32.0 Å². The Labute approximate surface area is 198 Å². The molecule has 0 bridgehead atoms. The molecular weight excluding hydrogens is 431 g/mol. The number of aryl methyl sites for hydroxylation is 3. The maximum absolute atomic E-state index is 13.1. The summed E-state index contributed by atoms with van der Waals surface area (Å²) in [5.74, 6) is 1.40. The molecule has 0 radical (unpaired) electrons. The van der Waals surface area contributed by atoms with Crippen LogP contribution in [0.25, 0.3) is 0 Å². The first-order chi connectivity index (χ1) is 16.4. The summed E-state index contributed by atoms with van der Waals surface area (Å²) in [6, 6.07) is 13.5. The van der Waals surface area contributed by atoms with Crippen molar-refractivity contribution in [2.45, 2.75) is 45.1 Å². The molecule has 0 aliphatic carbocycles. The van der Waals surface area contributed by atoms with Gasteiger partial charge in [0.15, 0.2) is 11.6 Å². The van der Waals surface area contributed by atoms with Crippen molar-refractivity contribution in [1.29, 1.82) is 0 Å². The molecule has 1 saturated heterocycles. The summed E-state index contributed by atoms with van der Waals surface area (Å²) in [4.78, 5) is 38.5. The Bertz CT molecular complexity index is 1240. The average Bonchev–Trinajstić information content (AvgIpc) is 3.33. The molecule has 3 aromatic rings. The van der Waals surface area contributed by atoms with Crippen LogP contribution in [0.15, 0.2) is 48.5 Å². The first-order valence-corrected chi connectivity index (χ1v) is 11.7. The largest absolute Gasteiger partial charge is 0.343 e. The number of hydrogen-bond donors (Lipinski definition) is 0. The highest BCUT2D eigenvalue weighted by Crippen LogP contribution is 2.39. The van der Waals surface area contributed by atoms with Crippen molar-refractivity contribution in [3.8, 4) is 0 Å². The molecule has 34 heavy (non-hydrogen) atoms. The zero-order valence-electron chi connectivity index (χ0n) is 19.4. The maximum Gasteiger partial charge on any atom is 0.249 e. The molecule has 2 aliphatic rings. The molecule has 0 unspecified atom stereocenters. The number of aromatic nitrogens is 2. The van der Waals surface area contributed by atoms with E-state index in [0.29, 0.717) is 12.0 Å². The molecule has 0 N–H and O–H groups in total. The lowest BCUT2D eigenvalue weighted by molar-refractivity contribution is -0.119. The Balaban J connectivity index is 1.26. The van der Waals surface area contributed by atoms with Crippen molar-refractivity contribution < 1.29 is 14.0 Å². The van der Waals surface area contributed by atoms with E-state index in [4.69, 9.17) is 9.97 Å². The zero-order chi connectivity index (χ0) is 23.8. The Morgan fingerprint density at radius 1 is 1.03 bits per heavy atom. The first-order valence-electron chi connectivity index (χ1n) is 11.7. The molecule has 1 amide bonds. The Morgan fingerprint density at radius 3 is 2.47 bits per heavy atom. The maximum atomic E-state index is 13.1. The Morgan fingerprint density at radius 2 is 1.74 bits per heavy atom. The van der Waals surface area contributed by atoms with E-state index in [2.05, 4.69) is 4.90 Å². The molecule has 1 fully saturated rings. The van der Waals surface area contributed by atoms with Gasteiger partial charge in [-0.05, 0) is 61.6 Å². The number of carbonyl (C=O) groups is 2. The molecule has 5 rings (SSSR count). The van der Waals surface area contributed by atoms with Gasteiger partial charge in [-0.25, -0.2) is 14.4 Å². The van der Waals surface area contributed by atoms with E-state index < -0.39 is 0 Å². The molecule has 1 atom stereocenters. The standard InChI is InChI=1S/C27H27FN4O2/c1-17-25-26(32-15-3-4-22(32)27(34)31(25)2)30-24(29-17)14-9-18-5-7-19(8-6-18)16-23(33)20-10-12-21(28)13-11-20/h5-8,10-13,22H,3-4,9,14-16H2,1-2H3/t22-/m1/s1. The lowest BCUT2D eigenvalue weighted by Crippen LogP contribution is -2.50. The van der Waals surface area contributed by atoms with Crippen LogP contribution >= 0.6 is 0 Å². The second kappa shape index (κ2) is 8.97. The lowest BCUT2D eigenvalue weighted by Gasteiger charge is -2.37. The van der Waals surface area contributed by atoms with E-state index in [-0.39, 0.29) is 30.0 Å². The van der Waals surface area contributed by atoms with Crippen LogP contribution in [0, 0.1) is 12.7 Å². The summed E-state index contributed by atoms with van der Waals surface area (Å²) in [5, 5.41) is 0. The quantitative estimate of drug-likeness (QED) is 0.521. The molecule has 7 heteroatoms. The smallest absolute Gasteiger partial charge is 0.249 e. The zero-order valence-corrected chi connectivity index (χ0v) is 19.4. The molecule has 0 saturated carbocycles. The third-order valence-electron chi connectivity index (χ3n) is 6.75. The van der Waals surface area contributed by atoms with E-state index in [1.54, 1.807) is 4.90 Å². The number of amides is 1. The van der Waals surface area contributed by atoms with E-state index in [9.17, 15) is 14.0 Å². The van der Waals surface area contributed by atoms with Crippen molar-refractivity contribution in [1.82, 2.24) is 9.97 Å². The second-order valence-electron chi connectivity index (χ2n) is 9.07. The lowest BCUT2D eigenvalue weighted by atomic mass is 10.0. The summed E-state index contributed by atoms with van der Waals surface area (Å²) in [6.07, 6.45) is 3.62. The van der Waals surface area contributed by atoms with Crippen LogP contribution in [0.4, 0.5) is 15.9 Å². The SMILES string of the molecule is Cc1nc(CCc2ccc(CC(=O)c3ccc(F)cc3)cc2)nc2c1N(C)C(=O)[C@H]1CCCN21. The summed E-state index contributed by atoms with van der Waals surface area (Å²) in [7, 11) is 1.81. The van der Waals surface area contributed by atoms with Crippen molar-refractivity contribution in [3.05, 3.63) is 82.6 Å². The highest BCUT2D eigenvalue weighted by Gasteiger charge is 2.41. The topological polar surface area (TPSA) is 66.4 Å². The van der Waals surface area contributed by atoms with Gasteiger partial charge in [-0.1, -0.05) is 24.3 Å². The van der Waals surface area contributed by atoms with Crippen LogP contribution in [0.1, 0.15) is 45.8 Å². The number of rotatable bonds is 6. The van der Waals surface area contributed by atoms with E-state index in [1.807, 2.05) is 38.2 Å². The number of carbonyl (C=O) groups excluding carboxylic acids is 2. The van der Waals surface area contributed by atoms with Crippen LogP contribution in [0.5, 0.6) is 0 Å². The van der Waals surface area contributed by atoms with Gasteiger partial charge in [0.1, 0.15) is 23.4 Å². The predicted molar refractivity (Wildman–Crippen MR) is 129 cm³/mol. The summed E-state index contributed by atoms with van der Waals surface area (Å²) < 4.78 is 13.1. The van der Waals surface area contributed by atoms with Crippen molar-refractivity contribution in [3.63, 3.8) is 0 Å². The summed E-state index contributed by atoms with van der Waals surface area (Å²) in [6.45, 7) is 2.79. The van der Waals surface area contributed by atoms with Gasteiger partial charge in [0.2, 0.25) is 5.91 Å². The van der Waals surface area contributed by atoms with Gasteiger partial charge < -0.3 is 9.80 Å². The van der Waals surface area contributed by atoms with Crippen LogP contribution in [-0.4, -0.2) is 41.3 Å². The minimum absolute atomic E-state index is 0.0330. The highest BCUT2D eigenvalue weighted by atomic mass is 19.1. The molecule has 0 spiro atoms. The third-order valence-corrected chi connectivity index (χ3v) is 6.75. The Kier molecular flexibility index (Phi) is 5.86. The minimum atomic E-state index is -0.347. The van der Waals surface area contributed by atoms with Gasteiger partial charge in [-0.3, -0.25) is 9.59 Å². The second-order valence-corrected chi connectivity index (χ2v) is 9.07. The number of fused-ring (bicyclic) bond motifs is 3. The van der Waals surface area contributed by atoms with E-state index >= 15 is 0 Å². The fourth-order valence-corrected chi connectivity index (χ4v) is 4.93. The van der Waals surface area contributed by atoms with Crippen molar-refractivity contribution in [2.24, 2.45) is 0 Å².